The average Bonchev–Trinajstić information content (AvgIpc) is 2.98. The van der Waals surface area contributed by atoms with Gasteiger partial charge in [-0.2, -0.15) is 0 Å². The van der Waals surface area contributed by atoms with Crippen molar-refractivity contribution in [3.8, 4) is 5.88 Å². The lowest BCUT2D eigenvalue weighted by molar-refractivity contribution is -0.130. The monoisotopic (exact) mass is 292 g/mol. The van der Waals surface area contributed by atoms with E-state index in [9.17, 15) is 4.79 Å². The number of amides is 1. The van der Waals surface area contributed by atoms with Crippen LogP contribution in [0.15, 0.2) is 12.4 Å². The average molecular weight is 292 g/mol. The summed E-state index contributed by atoms with van der Waals surface area (Å²) in [4.78, 5) is 24.4. The highest BCUT2D eigenvalue weighted by molar-refractivity contribution is 5.76. The van der Waals surface area contributed by atoms with Gasteiger partial charge in [-0.05, 0) is 13.8 Å². The van der Waals surface area contributed by atoms with E-state index in [1.165, 1.54) is 0 Å². The Balaban J connectivity index is 2.05. The van der Waals surface area contributed by atoms with Gasteiger partial charge in [-0.25, -0.2) is 9.97 Å². The molecule has 1 unspecified atom stereocenters. The summed E-state index contributed by atoms with van der Waals surface area (Å²) in [6, 6.07) is 0. The van der Waals surface area contributed by atoms with Crippen LogP contribution in [0.4, 0.5) is 5.82 Å². The first-order valence-corrected chi connectivity index (χ1v) is 7.69. The van der Waals surface area contributed by atoms with Crippen molar-refractivity contribution >= 4 is 11.7 Å². The van der Waals surface area contributed by atoms with Crippen molar-refractivity contribution in [2.75, 3.05) is 31.1 Å². The van der Waals surface area contributed by atoms with Gasteiger partial charge in [0.25, 0.3) is 5.88 Å². The summed E-state index contributed by atoms with van der Waals surface area (Å²) in [5.41, 5.74) is 0. The fourth-order valence-corrected chi connectivity index (χ4v) is 2.57. The van der Waals surface area contributed by atoms with Crippen LogP contribution in [0.1, 0.15) is 33.6 Å². The molecule has 21 heavy (non-hydrogen) atoms. The molecule has 1 saturated heterocycles. The van der Waals surface area contributed by atoms with Gasteiger partial charge in [-0.3, -0.25) is 4.79 Å². The molecule has 6 heteroatoms. The van der Waals surface area contributed by atoms with Crippen LogP contribution in [-0.2, 0) is 4.79 Å². The van der Waals surface area contributed by atoms with E-state index in [0.717, 1.165) is 31.9 Å². The Morgan fingerprint density at radius 3 is 2.71 bits per heavy atom. The number of hydrogen-bond donors (Lipinski definition) is 0. The van der Waals surface area contributed by atoms with Crippen molar-refractivity contribution in [1.29, 1.82) is 0 Å². The third-order valence-electron chi connectivity index (χ3n) is 3.79. The molecule has 1 fully saturated rings. The minimum atomic E-state index is 0.00603. The van der Waals surface area contributed by atoms with Crippen LogP contribution in [-0.4, -0.2) is 53.1 Å². The highest BCUT2D eigenvalue weighted by Gasteiger charge is 2.28. The molecule has 1 amide bonds. The molecular weight excluding hydrogens is 268 g/mol. The third kappa shape index (κ3) is 3.62. The first kappa shape index (κ1) is 15.5. The van der Waals surface area contributed by atoms with Gasteiger partial charge >= 0.3 is 0 Å². The zero-order chi connectivity index (χ0) is 15.2. The minimum Gasteiger partial charge on any atom is -0.470 e. The molecule has 6 nitrogen and oxygen atoms in total. The molecule has 0 radical (unpaired) electrons. The Morgan fingerprint density at radius 1 is 1.33 bits per heavy atom. The zero-order valence-corrected chi connectivity index (χ0v) is 13.1. The largest absolute Gasteiger partial charge is 0.470 e. The molecule has 0 saturated carbocycles. The summed E-state index contributed by atoms with van der Waals surface area (Å²) in [7, 11) is 0. The van der Waals surface area contributed by atoms with Crippen LogP contribution in [0.25, 0.3) is 0 Å². The summed E-state index contributed by atoms with van der Waals surface area (Å²) in [5, 5.41) is 0. The second-order valence-electron chi connectivity index (χ2n) is 5.08. The number of rotatable bonds is 6. The van der Waals surface area contributed by atoms with Gasteiger partial charge in [0.15, 0.2) is 5.82 Å². The Bertz CT molecular complexity index is 476. The first-order chi connectivity index (χ1) is 10.2. The van der Waals surface area contributed by atoms with Crippen LogP contribution >= 0.6 is 0 Å². The maximum atomic E-state index is 11.7. The molecule has 0 N–H and O–H groups in total. The second kappa shape index (κ2) is 7.24. The molecule has 1 aliphatic heterocycles. The summed E-state index contributed by atoms with van der Waals surface area (Å²) < 4.78 is 6.01. The van der Waals surface area contributed by atoms with Gasteiger partial charge in [-0.15, -0.1) is 0 Å². The smallest absolute Gasteiger partial charge is 0.257 e. The number of hydrogen-bond acceptors (Lipinski definition) is 5. The SMILES string of the molecule is CCC(=O)N1CCC(Oc2nccnc2N(CC)CC)C1. The lowest BCUT2D eigenvalue weighted by Crippen LogP contribution is -2.31. The normalized spacial score (nSPS) is 17.9. The Morgan fingerprint density at radius 2 is 2.05 bits per heavy atom. The van der Waals surface area contributed by atoms with E-state index < -0.39 is 0 Å². The topological polar surface area (TPSA) is 58.6 Å². The van der Waals surface area contributed by atoms with Crippen molar-refractivity contribution < 1.29 is 9.53 Å². The number of carbonyl (C=O) groups is 1. The standard InChI is InChI=1S/C15H24N4O2/c1-4-13(20)19-10-7-12(11-19)21-15-14(16-8-9-17-15)18(5-2)6-3/h8-9,12H,4-7,10-11H2,1-3H3. The highest BCUT2D eigenvalue weighted by atomic mass is 16.5. The van der Waals surface area contributed by atoms with Gasteiger partial charge < -0.3 is 14.5 Å². The lowest BCUT2D eigenvalue weighted by Gasteiger charge is -2.23. The molecule has 0 spiro atoms. The van der Waals surface area contributed by atoms with Crippen LogP contribution in [0.2, 0.25) is 0 Å². The van der Waals surface area contributed by atoms with Crippen molar-refractivity contribution in [1.82, 2.24) is 14.9 Å². The van der Waals surface area contributed by atoms with E-state index in [1.54, 1.807) is 12.4 Å². The van der Waals surface area contributed by atoms with Gasteiger partial charge in [0.1, 0.15) is 6.10 Å². The quantitative estimate of drug-likeness (QED) is 0.799. The molecule has 0 bridgehead atoms. The summed E-state index contributed by atoms with van der Waals surface area (Å²) in [6.45, 7) is 9.17. The summed E-state index contributed by atoms with van der Waals surface area (Å²) in [6.07, 6.45) is 4.73. The zero-order valence-electron chi connectivity index (χ0n) is 13.1. The van der Waals surface area contributed by atoms with Crippen LogP contribution in [0.3, 0.4) is 0 Å². The van der Waals surface area contributed by atoms with E-state index in [4.69, 9.17) is 4.74 Å². The Kier molecular flexibility index (Phi) is 5.36. The fourth-order valence-electron chi connectivity index (χ4n) is 2.57. The molecule has 2 rings (SSSR count). The van der Waals surface area contributed by atoms with E-state index in [2.05, 4.69) is 28.7 Å². The number of carbonyl (C=O) groups excluding carboxylic acids is 1. The van der Waals surface area contributed by atoms with E-state index >= 15 is 0 Å². The summed E-state index contributed by atoms with van der Waals surface area (Å²) in [5.74, 6) is 1.53. The van der Waals surface area contributed by atoms with Gasteiger partial charge in [0.05, 0.1) is 6.54 Å². The lowest BCUT2D eigenvalue weighted by atomic mass is 10.3. The van der Waals surface area contributed by atoms with Crippen molar-refractivity contribution in [3.63, 3.8) is 0 Å². The molecule has 1 aliphatic rings. The number of anilines is 1. The molecule has 1 aromatic heterocycles. The number of likely N-dealkylation sites (tertiary alicyclic amines) is 1. The summed E-state index contributed by atoms with van der Waals surface area (Å²) >= 11 is 0. The molecule has 116 valence electrons. The number of aromatic nitrogens is 2. The van der Waals surface area contributed by atoms with Crippen molar-refractivity contribution in [3.05, 3.63) is 12.4 Å². The molecule has 2 heterocycles. The van der Waals surface area contributed by atoms with Crippen LogP contribution in [0, 0.1) is 0 Å². The number of nitrogens with zero attached hydrogens (tertiary/aromatic N) is 4. The van der Waals surface area contributed by atoms with Gasteiger partial charge in [0, 0.05) is 44.9 Å². The second-order valence-corrected chi connectivity index (χ2v) is 5.08. The van der Waals surface area contributed by atoms with E-state index in [0.29, 0.717) is 18.8 Å². The highest BCUT2D eigenvalue weighted by Crippen LogP contribution is 2.25. The molecule has 0 aliphatic carbocycles. The maximum Gasteiger partial charge on any atom is 0.257 e. The van der Waals surface area contributed by atoms with Crippen molar-refractivity contribution in [2.45, 2.75) is 39.7 Å². The maximum absolute atomic E-state index is 11.7. The molecule has 1 atom stereocenters. The molecule has 1 aromatic rings. The Hall–Kier alpha value is -1.85. The molecule has 0 aromatic carbocycles. The Labute approximate surface area is 126 Å². The van der Waals surface area contributed by atoms with Crippen molar-refractivity contribution in [2.24, 2.45) is 0 Å². The van der Waals surface area contributed by atoms with E-state index in [1.807, 2.05) is 11.8 Å². The van der Waals surface area contributed by atoms with Crippen LogP contribution < -0.4 is 9.64 Å². The third-order valence-corrected chi connectivity index (χ3v) is 3.79. The van der Waals surface area contributed by atoms with E-state index in [-0.39, 0.29) is 12.0 Å². The van der Waals surface area contributed by atoms with Crippen LogP contribution in [0.5, 0.6) is 5.88 Å². The predicted molar refractivity (Wildman–Crippen MR) is 81.5 cm³/mol. The predicted octanol–water partition coefficient (Wildman–Crippen LogP) is 1.71. The van der Waals surface area contributed by atoms with Gasteiger partial charge in [-0.1, -0.05) is 6.92 Å². The first-order valence-electron chi connectivity index (χ1n) is 7.69. The fraction of sp³-hybridized carbons (Fsp3) is 0.667. The molecular formula is C15H24N4O2. The number of ether oxygens (including phenoxy) is 1. The minimum absolute atomic E-state index is 0.00603. The van der Waals surface area contributed by atoms with Gasteiger partial charge in [0.2, 0.25) is 5.91 Å².